The third-order valence-electron chi connectivity index (χ3n) is 5.92. The normalized spacial score (nSPS) is 14.5. The Kier molecular flexibility index (Phi) is 6.73. The average Bonchev–Trinajstić information content (AvgIpc) is 2.83. The first-order valence-corrected chi connectivity index (χ1v) is 10.9. The van der Waals surface area contributed by atoms with E-state index in [1.807, 2.05) is 43.3 Å². The smallest absolute Gasteiger partial charge is 0.221 e. The Bertz CT molecular complexity index is 999. The third kappa shape index (κ3) is 5.00. The molecule has 0 saturated carbocycles. The lowest BCUT2D eigenvalue weighted by Crippen LogP contribution is -2.34. The molecule has 1 N–H and O–H groups in total. The maximum atomic E-state index is 9.41. The van der Waals surface area contributed by atoms with Crippen LogP contribution in [0.5, 0.6) is 11.6 Å². The van der Waals surface area contributed by atoms with Crippen LogP contribution < -0.4 is 14.4 Å². The number of hydrogen-bond donors (Lipinski definition) is 1. The molecule has 1 aromatic heterocycles. The van der Waals surface area contributed by atoms with Crippen LogP contribution in [0.2, 0.25) is 0 Å². The van der Waals surface area contributed by atoms with Crippen LogP contribution in [0.15, 0.2) is 60.7 Å². The molecule has 1 saturated heterocycles. The number of piperidine rings is 1. The Morgan fingerprint density at radius 2 is 1.81 bits per heavy atom. The van der Waals surface area contributed by atoms with E-state index >= 15 is 0 Å². The summed E-state index contributed by atoms with van der Waals surface area (Å²) in [5, 5.41) is 9.41. The molecule has 162 valence electrons. The van der Waals surface area contributed by atoms with Gasteiger partial charge in [0.05, 0.1) is 12.8 Å². The van der Waals surface area contributed by atoms with Crippen LogP contribution in [0.25, 0.3) is 11.1 Å². The molecule has 0 atom stereocenters. The van der Waals surface area contributed by atoms with E-state index < -0.39 is 0 Å². The van der Waals surface area contributed by atoms with Crippen molar-refractivity contribution in [2.45, 2.75) is 26.4 Å². The topological polar surface area (TPSA) is 54.8 Å². The van der Waals surface area contributed by atoms with Gasteiger partial charge in [-0.15, -0.1) is 0 Å². The van der Waals surface area contributed by atoms with Gasteiger partial charge >= 0.3 is 0 Å². The van der Waals surface area contributed by atoms with Crippen molar-refractivity contribution in [1.29, 1.82) is 0 Å². The fourth-order valence-corrected chi connectivity index (χ4v) is 4.05. The van der Waals surface area contributed by atoms with Crippen molar-refractivity contribution >= 4 is 5.69 Å². The summed E-state index contributed by atoms with van der Waals surface area (Å²) in [5.74, 6) is 1.88. The van der Waals surface area contributed by atoms with Gasteiger partial charge < -0.3 is 19.5 Å². The number of aliphatic hydroxyl groups excluding tert-OH is 1. The van der Waals surface area contributed by atoms with Crippen molar-refractivity contribution in [2.75, 3.05) is 31.7 Å². The predicted molar refractivity (Wildman–Crippen MR) is 124 cm³/mol. The Morgan fingerprint density at radius 1 is 1.03 bits per heavy atom. The number of aliphatic hydroxyl groups is 1. The van der Waals surface area contributed by atoms with Crippen LogP contribution >= 0.6 is 0 Å². The minimum Gasteiger partial charge on any atom is -0.495 e. The average molecular weight is 419 g/mol. The quantitative estimate of drug-likeness (QED) is 0.594. The molecule has 0 amide bonds. The maximum Gasteiger partial charge on any atom is 0.221 e. The minimum absolute atomic E-state index is 0.274. The van der Waals surface area contributed by atoms with Gasteiger partial charge in [0.25, 0.3) is 0 Å². The van der Waals surface area contributed by atoms with Gasteiger partial charge in [-0.3, -0.25) is 0 Å². The number of anilines is 1. The fraction of sp³-hybridized carbons (Fsp3) is 0.346. The number of methoxy groups -OCH3 is 1. The first kappa shape index (κ1) is 21.2. The van der Waals surface area contributed by atoms with Gasteiger partial charge in [0.1, 0.15) is 12.4 Å². The molecule has 4 rings (SSSR count). The SMILES string of the molecule is COc1cc(-c2ccc(C)nc2OCc2ccccc2)ccc1N1CCC(CO)CC1. The van der Waals surface area contributed by atoms with Crippen LogP contribution in [0.4, 0.5) is 5.69 Å². The summed E-state index contributed by atoms with van der Waals surface area (Å²) in [6.07, 6.45) is 2.00. The summed E-state index contributed by atoms with van der Waals surface area (Å²) in [5.41, 5.74) is 5.08. The molecular weight excluding hydrogens is 388 g/mol. The number of hydrogen-bond acceptors (Lipinski definition) is 5. The van der Waals surface area contributed by atoms with E-state index in [1.54, 1.807) is 7.11 Å². The number of aryl methyl sites for hydroxylation is 1. The van der Waals surface area contributed by atoms with Crippen LogP contribution in [0.3, 0.4) is 0 Å². The molecule has 1 fully saturated rings. The maximum absolute atomic E-state index is 9.41. The van der Waals surface area contributed by atoms with Gasteiger partial charge in [-0.05, 0) is 61.1 Å². The molecule has 1 aliphatic rings. The van der Waals surface area contributed by atoms with Crippen molar-refractivity contribution in [3.05, 3.63) is 71.9 Å². The van der Waals surface area contributed by atoms with Gasteiger partial charge in [-0.2, -0.15) is 0 Å². The zero-order chi connectivity index (χ0) is 21.6. The number of ether oxygens (including phenoxy) is 2. The predicted octanol–water partition coefficient (Wildman–Crippen LogP) is 4.85. The monoisotopic (exact) mass is 418 g/mol. The van der Waals surface area contributed by atoms with E-state index in [1.165, 1.54) is 0 Å². The lowest BCUT2D eigenvalue weighted by molar-refractivity contribution is 0.203. The van der Waals surface area contributed by atoms with Gasteiger partial charge in [0, 0.05) is 31.0 Å². The molecule has 1 aliphatic heterocycles. The van der Waals surface area contributed by atoms with E-state index in [0.29, 0.717) is 18.4 Å². The molecule has 0 unspecified atom stereocenters. The van der Waals surface area contributed by atoms with E-state index in [0.717, 1.165) is 59.8 Å². The number of pyridine rings is 1. The van der Waals surface area contributed by atoms with Gasteiger partial charge in [-0.25, -0.2) is 4.98 Å². The number of aromatic nitrogens is 1. The second-order valence-electron chi connectivity index (χ2n) is 8.08. The zero-order valence-corrected chi connectivity index (χ0v) is 18.3. The number of rotatable bonds is 7. The van der Waals surface area contributed by atoms with Crippen LogP contribution in [0.1, 0.15) is 24.1 Å². The molecule has 0 bridgehead atoms. The van der Waals surface area contributed by atoms with Crippen molar-refractivity contribution in [1.82, 2.24) is 4.98 Å². The highest BCUT2D eigenvalue weighted by Crippen LogP contribution is 2.37. The summed E-state index contributed by atoms with van der Waals surface area (Å²) in [6.45, 7) is 4.57. The molecule has 0 aliphatic carbocycles. The second kappa shape index (κ2) is 9.84. The second-order valence-corrected chi connectivity index (χ2v) is 8.08. The molecule has 0 radical (unpaired) electrons. The highest BCUT2D eigenvalue weighted by Gasteiger charge is 2.21. The summed E-state index contributed by atoms with van der Waals surface area (Å²) >= 11 is 0. The minimum atomic E-state index is 0.274. The summed E-state index contributed by atoms with van der Waals surface area (Å²) in [7, 11) is 1.71. The largest absolute Gasteiger partial charge is 0.495 e. The highest BCUT2D eigenvalue weighted by atomic mass is 16.5. The van der Waals surface area contributed by atoms with Crippen molar-refractivity contribution in [3.8, 4) is 22.8 Å². The van der Waals surface area contributed by atoms with E-state index in [4.69, 9.17) is 9.47 Å². The Hall–Kier alpha value is -3.05. The first-order chi connectivity index (χ1) is 15.2. The summed E-state index contributed by atoms with van der Waals surface area (Å²) in [4.78, 5) is 7.00. The fourth-order valence-electron chi connectivity index (χ4n) is 4.05. The zero-order valence-electron chi connectivity index (χ0n) is 18.3. The van der Waals surface area contributed by atoms with Gasteiger partial charge in [0.15, 0.2) is 0 Å². The molecule has 2 aromatic carbocycles. The number of benzene rings is 2. The van der Waals surface area contributed by atoms with E-state index in [9.17, 15) is 5.11 Å². The molecule has 5 nitrogen and oxygen atoms in total. The van der Waals surface area contributed by atoms with E-state index in [-0.39, 0.29) is 6.61 Å². The molecule has 3 aromatic rings. The Morgan fingerprint density at radius 3 is 2.52 bits per heavy atom. The summed E-state index contributed by atoms with van der Waals surface area (Å²) in [6, 6.07) is 20.5. The Labute approximate surface area is 184 Å². The van der Waals surface area contributed by atoms with Crippen molar-refractivity contribution in [2.24, 2.45) is 5.92 Å². The highest BCUT2D eigenvalue weighted by molar-refractivity contribution is 5.74. The van der Waals surface area contributed by atoms with Crippen molar-refractivity contribution in [3.63, 3.8) is 0 Å². The third-order valence-corrected chi connectivity index (χ3v) is 5.92. The molecule has 0 spiro atoms. The van der Waals surface area contributed by atoms with Crippen LogP contribution in [-0.4, -0.2) is 36.9 Å². The van der Waals surface area contributed by atoms with E-state index in [2.05, 4.69) is 34.1 Å². The molecular formula is C26H30N2O3. The molecule has 31 heavy (non-hydrogen) atoms. The van der Waals surface area contributed by atoms with Gasteiger partial charge in [0.2, 0.25) is 5.88 Å². The molecule has 5 heteroatoms. The van der Waals surface area contributed by atoms with Crippen LogP contribution in [-0.2, 0) is 6.61 Å². The van der Waals surface area contributed by atoms with Gasteiger partial charge in [-0.1, -0.05) is 36.4 Å². The Balaban J connectivity index is 1.59. The lowest BCUT2D eigenvalue weighted by atomic mass is 9.97. The van der Waals surface area contributed by atoms with Crippen LogP contribution in [0, 0.1) is 12.8 Å². The van der Waals surface area contributed by atoms with Crippen molar-refractivity contribution < 1.29 is 14.6 Å². The molecule has 2 heterocycles. The number of nitrogens with zero attached hydrogens (tertiary/aromatic N) is 2. The summed E-state index contributed by atoms with van der Waals surface area (Å²) < 4.78 is 11.9. The standard InChI is InChI=1S/C26H30N2O3/c1-19-8-10-23(26(27-19)31-18-21-6-4-3-5-7-21)22-9-11-24(25(16-22)30-2)28-14-12-20(17-29)13-15-28/h3-11,16,20,29H,12-15,17-18H2,1-2H3. The first-order valence-electron chi connectivity index (χ1n) is 10.9. The lowest BCUT2D eigenvalue weighted by Gasteiger charge is -2.33.